The number of hydrogen-bond donors (Lipinski definition) is 0. The lowest BCUT2D eigenvalue weighted by Crippen LogP contribution is -1.88. The van der Waals surface area contributed by atoms with Gasteiger partial charge in [0, 0.05) is 0 Å². The Morgan fingerprint density at radius 1 is 1.18 bits per heavy atom. The third kappa shape index (κ3) is 1.30. The lowest BCUT2D eigenvalue weighted by atomic mass is 10.6. The lowest BCUT2D eigenvalue weighted by Gasteiger charge is -1.90. The molecule has 0 unspecified atom stereocenters. The maximum Gasteiger partial charge on any atom is 0.154 e. The Morgan fingerprint density at radius 3 is 2.82 bits per heavy atom. The van der Waals surface area contributed by atoms with Gasteiger partial charge in [0.1, 0.15) is 9.21 Å². The molecular formula is C6H3Br2N3. The van der Waals surface area contributed by atoms with Gasteiger partial charge in [-0.05, 0) is 44.0 Å². The van der Waals surface area contributed by atoms with Crippen LogP contribution in [0.4, 0.5) is 0 Å². The smallest absolute Gasteiger partial charge is 0.154 e. The van der Waals surface area contributed by atoms with Gasteiger partial charge in [-0.1, -0.05) is 0 Å². The molecule has 0 N–H and O–H groups in total. The zero-order chi connectivity index (χ0) is 7.84. The van der Waals surface area contributed by atoms with E-state index < -0.39 is 0 Å². The Hall–Kier alpha value is -0.420. The van der Waals surface area contributed by atoms with Crippen molar-refractivity contribution >= 4 is 37.5 Å². The third-order valence-electron chi connectivity index (χ3n) is 1.26. The van der Waals surface area contributed by atoms with Crippen LogP contribution in [0.2, 0.25) is 0 Å². The minimum atomic E-state index is 0.795. The van der Waals surface area contributed by atoms with Gasteiger partial charge in [-0.15, -0.1) is 0 Å². The molecule has 2 aromatic heterocycles. The van der Waals surface area contributed by atoms with Crippen molar-refractivity contribution in [3.8, 4) is 0 Å². The first-order valence-corrected chi connectivity index (χ1v) is 4.52. The standard InChI is InChI=1S/C6H3Br2N3/c7-4-1-2-6-9-5(8)3-11(6)10-4/h1-3H. The van der Waals surface area contributed by atoms with E-state index >= 15 is 0 Å². The van der Waals surface area contributed by atoms with Crippen molar-refractivity contribution in [1.82, 2.24) is 14.6 Å². The van der Waals surface area contributed by atoms with E-state index in [1.54, 1.807) is 10.7 Å². The number of halogens is 2. The first-order valence-electron chi connectivity index (χ1n) is 2.93. The molecule has 56 valence electrons. The number of hydrogen-bond acceptors (Lipinski definition) is 2. The molecule has 2 rings (SSSR count). The van der Waals surface area contributed by atoms with Gasteiger partial charge in [0.05, 0.1) is 6.20 Å². The van der Waals surface area contributed by atoms with Crippen LogP contribution in [-0.4, -0.2) is 14.6 Å². The van der Waals surface area contributed by atoms with E-state index in [2.05, 4.69) is 41.9 Å². The number of aromatic nitrogens is 3. The van der Waals surface area contributed by atoms with Gasteiger partial charge in [0.15, 0.2) is 5.65 Å². The molecule has 0 saturated carbocycles. The summed E-state index contributed by atoms with van der Waals surface area (Å²) in [5.41, 5.74) is 0.833. The summed E-state index contributed by atoms with van der Waals surface area (Å²) in [6.45, 7) is 0. The molecule has 0 bridgehead atoms. The van der Waals surface area contributed by atoms with E-state index in [-0.39, 0.29) is 0 Å². The molecule has 11 heavy (non-hydrogen) atoms. The Bertz CT molecular complexity index is 396. The van der Waals surface area contributed by atoms with Gasteiger partial charge in [0.25, 0.3) is 0 Å². The predicted octanol–water partition coefficient (Wildman–Crippen LogP) is 2.25. The van der Waals surface area contributed by atoms with E-state index in [1.807, 2.05) is 12.1 Å². The van der Waals surface area contributed by atoms with Gasteiger partial charge in [-0.2, -0.15) is 5.10 Å². The van der Waals surface area contributed by atoms with Crippen LogP contribution in [0.15, 0.2) is 27.5 Å². The van der Waals surface area contributed by atoms with Crippen LogP contribution in [0.1, 0.15) is 0 Å². The highest BCUT2D eigenvalue weighted by Gasteiger charge is 1.98. The number of nitrogens with zero attached hydrogens (tertiary/aromatic N) is 3. The Kier molecular flexibility index (Phi) is 1.69. The molecule has 0 saturated heterocycles. The van der Waals surface area contributed by atoms with Crippen molar-refractivity contribution in [2.45, 2.75) is 0 Å². The second-order valence-corrected chi connectivity index (χ2v) is 3.65. The molecule has 0 aromatic carbocycles. The van der Waals surface area contributed by atoms with E-state index in [0.717, 1.165) is 14.9 Å². The number of rotatable bonds is 0. The maximum absolute atomic E-state index is 4.15. The molecule has 0 aliphatic rings. The van der Waals surface area contributed by atoms with Crippen molar-refractivity contribution < 1.29 is 0 Å². The Labute approximate surface area is 79.7 Å². The molecule has 2 heterocycles. The fraction of sp³-hybridized carbons (Fsp3) is 0. The molecule has 0 aliphatic heterocycles. The van der Waals surface area contributed by atoms with Crippen LogP contribution in [0, 0.1) is 0 Å². The summed E-state index contributed by atoms with van der Waals surface area (Å²) in [5, 5.41) is 4.14. The average molecular weight is 277 g/mol. The summed E-state index contributed by atoms with van der Waals surface area (Å²) in [5.74, 6) is 0. The molecule has 0 amide bonds. The van der Waals surface area contributed by atoms with Gasteiger partial charge in [-0.25, -0.2) is 9.50 Å². The van der Waals surface area contributed by atoms with E-state index in [4.69, 9.17) is 0 Å². The van der Waals surface area contributed by atoms with E-state index in [0.29, 0.717) is 0 Å². The highest BCUT2D eigenvalue weighted by atomic mass is 79.9. The van der Waals surface area contributed by atoms with Gasteiger partial charge in [0.2, 0.25) is 0 Å². The van der Waals surface area contributed by atoms with E-state index in [1.165, 1.54) is 0 Å². The molecule has 5 heteroatoms. The number of fused-ring (bicyclic) bond motifs is 1. The first kappa shape index (κ1) is 7.24. The molecule has 0 atom stereocenters. The third-order valence-corrected chi connectivity index (χ3v) is 2.06. The highest BCUT2D eigenvalue weighted by Crippen LogP contribution is 2.11. The monoisotopic (exact) mass is 275 g/mol. The molecule has 0 radical (unpaired) electrons. The summed E-state index contributed by atoms with van der Waals surface area (Å²) in [4.78, 5) is 4.15. The molecule has 2 aromatic rings. The second-order valence-electron chi connectivity index (χ2n) is 2.02. The molecule has 3 nitrogen and oxygen atoms in total. The zero-order valence-electron chi connectivity index (χ0n) is 5.33. The molecule has 0 spiro atoms. The van der Waals surface area contributed by atoms with Gasteiger partial charge < -0.3 is 0 Å². The quantitative estimate of drug-likeness (QED) is 0.739. The van der Waals surface area contributed by atoms with Crippen LogP contribution in [0.3, 0.4) is 0 Å². The largest absolute Gasteiger partial charge is 0.220 e. The Balaban J connectivity index is 2.82. The average Bonchev–Trinajstić information content (AvgIpc) is 2.27. The van der Waals surface area contributed by atoms with Crippen molar-refractivity contribution in [2.75, 3.05) is 0 Å². The first-order chi connectivity index (χ1) is 5.25. The summed E-state index contributed by atoms with van der Waals surface area (Å²) >= 11 is 6.53. The predicted molar refractivity (Wildman–Crippen MR) is 48.4 cm³/mol. The summed E-state index contributed by atoms with van der Waals surface area (Å²) in [6.07, 6.45) is 1.81. The normalized spacial score (nSPS) is 10.7. The van der Waals surface area contributed by atoms with E-state index in [9.17, 15) is 0 Å². The van der Waals surface area contributed by atoms with Gasteiger partial charge >= 0.3 is 0 Å². The molecule has 0 fully saturated rings. The van der Waals surface area contributed by atoms with Crippen molar-refractivity contribution in [3.63, 3.8) is 0 Å². The maximum atomic E-state index is 4.15. The SMILES string of the molecule is Brc1cn2nc(Br)ccc2n1. The fourth-order valence-electron chi connectivity index (χ4n) is 0.830. The van der Waals surface area contributed by atoms with Crippen molar-refractivity contribution in [3.05, 3.63) is 27.5 Å². The summed E-state index contributed by atoms with van der Waals surface area (Å²) in [6, 6.07) is 3.75. The zero-order valence-corrected chi connectivity index (χ0v) is 8.50. The van der Waals surface area contributed by atoms with Crippen LogP contribution >= 0.6 is 31.9 Å². The summed E-state index contributed by atoms with van der Waals surface area (Å²) < 4.78 is 3.30. The van der Waals surface area contributed by atoms with Crippen molar-refractivity contribution in [1.29, 1.82) is 0 Å². The van der Waals surface area contributed by atoms with Crippen LogP contribution in [0.5, 0.6) is 0 Å². The molecule has 0 aliphatic carbocycles. The molecular weight excluding hydrogens is 274 g/mol. The van der Waals surface area contributed by atoms with Crippen LogP contribution in [-0.2, 0) is 0 Å². The lowest BCUT2D eigenvalue weighted by molar-refractivity contribution is 0.916. The fourth-order valence-corrected chi connectivity index (χ4v) is 1.51. The Morgan fingerprint density at radius 2 is 2.00 bits per heavy atom. The topological polar surface area (TPSA) is 30.2 Å². The van der Waals surface area contributed by atoms with Crippen LogP contribution < -0.4 is 0 Å². The highest BCUT2D eigenvalue weighted by molar-refractivity contribution is 9.10. The minimum Gasteiger partial charge on any atom is -0.220 e. The summed E-state index contributed by atoms with van der Waals surface area (Å²) in [7, 11) is 0. The van der Waals surface area contributed by atoms with Gasteiger partial charge in [-0.3, -0.25) is 0 Å². The second kappa shape index (κ2) is 2.57. The number of imidazole rings is 1. The van der Waals surface area contributed by atoms with Crippen LogP contribution in [0.25, 0.3) is 5.65 Å². The van der Waals surface area contributed by atoms with Crippen molar-refractivity contribution in [2.24, 2.45) is 0 Å². The minimum absolute atomic E-state index is 0.795.